The van der Waals surface area contributed by atoms with Crippen LogP contribution < -0.4 is 9.47 Å². The van der Waals surface area contributed by atoms with Crippen LogP contribution in [-0.2, 0) is 30.8 Å². The number of carbonyl (C=O) groups is 2. The molecule has 5 aromatic carbocycles. The van der Waals surface area contributed by atoms with Gasteiger partial charge >= 0.3 is 5.97 Å². The summed E-state index contributed by atoms with van der Waals surface area (Å²) in [7, 11) is -0.764. The number of esters is 1. The van der Waals surface area contributed by atoms with Crippen molar-refractivity contribution in [3.05, 3.63) is 136 Å². The molecule has 56 heavy (non-hydrogen) atoms. The first kappa shape index (κ1) is 40.4. The van der Waals surface area contributed by atoms with Gasteiger partial charge in [-0.05, 0) is 109 Å². The van der Waals surface area contributed by atoms with E-state index in [4.69, 9.17) is 35.1 Å². The molecule has 1 aromatic heterocycles. The third kappa shape index (κ3) is 9.58. The molecule has 6 aromatic rings. The lowest BCUT2D eigenvalue weighted by Gasteiger charge is -2.33. The summed E-state index contributed by atoms with van der Waals surface area (Å²) in [6, 6.07) is 30.6. The van der Waals surface area contributed by atoms with E-state index in [1.807, 2.05) is 38.1 Å². The minimum absolute atomic E-state index is 0.0318. The molecule has 1 fully saturated rings. The fourth-order valence-electron chi connectivity index (χ4n) is 6.67. The van der Waals surface area contributed by atoms with Crippen molar-refractivity contribution in [2.24, 2.45) is 0 Å². The third-order valence-electron chi connectivity index (χ3n) is 9.74. The average Bonchev–Trinajstić information content (AvgIpc) is 3.46. The predicted octanol–water partition coefficient (Wildman–Crippen LogP) is 7.86. The van der Waals surface area contributed by atoms with Gasteiger partial charge in [-0.2, -0.15) is 8.42 Å². The molecule has 0 radical (unpaired) electrons. The first-order valence-electron chi connectivity index (χ1n) is 17.9. The predicted molar refractivity (Wildman–Crippen MR) is 216 cm³/mol. The van der Waals surface area contributed by atoms with Crippen molar-refractivity contribution in [2.75, 3.05) is 47.1 Å². The summed E-state index contributed by atoms with van der Waals surface area (Å²) in [6.45, 7) is 6.61. The second-order valence-corrected chi connectivity index (χ2v) is 15.3. The number of nitrogens with zero attached hydrogens (tertiary/aromatic N) is 2. The van der Waals surface area contributed by atoms with Crippen LogP contribution in [0.25, 0.3) is 21.7 Å². The molecule has 292 valence electrons. The first-order chi connectivity index (χ1) is 26.8. The van der Waals surface area contributed by atoms with Crippen molar-refractivity contribution in [3.8, 4) is 11.5 Å². The standard InChI is InChI=1S/C36H35ClN2O6.C7H8O3S/c1-23-31(32-20-30(43-3)12-13-33(32)39(23)36(41)24-6-9-28(37)10-7-24)21-35(40)45-17-15-38-14-16-44-34(22-38)27-5-4-26-19-29(42-2)11-8-25(26)18-27;1-6-2-4-7(5-3-6)11(8,9)10/h4-13,18-20,34H,14-17,21-22H2,1-3H3;2-5H,1H3,(H,8,9,10). The van der Waals surface area contributed by atoms with Crippen molar-refractivity contribution < 1.29 is 41.5 Å². The van der Waals surface area contributed by atoms with Gasteiger partial charge in [0.1, 0.15) is 18.1 Å². The van der Waals surface area contributed by atoms with Crippen molar-refractivity contribution in [2.45, 2.75) is 31.3 Å². The van der Waals surface area contributed by atoms with Gasteiger partial charge in [0.05, 0.1) is 43.8 Å². The zero-order valence-corrected chi connectivity index (χ0v) is 33.1. The van der Waals surface area contributed by atoms with E-state index in [9.17, 15) is 18.0 Å². The summed E-state index contributed by atoms with van der Waals surface area (Å²) >= 11 is 6.04. The van der Waals surface area contributed by atoms with Crippen molar-refractivity contribution >= 4 is 55.3 Å². The number of carbonyl (C=O) groups excluding carboxylic acids is 2. The molecular weight excluding hydrogens is 756 g/mol. The lowest BCUT2D eigenvalue weighted by atomic mass is 10.0. The Bertz CT molecular complexity index is 2460. The Balaban J connectivity index is 0.000000417. The fourth-order valence-corrected chi connectivity index (χ4v) is 7.27. The summed E-state index contributed by atoms with van der Waals surface area (Å²) in [5.41, 5.74) is 4.68. The minimum Gasteiger partial charge on any atom is -0.497 e. The molecule has 13 heteroatoms. The number of methoxy groups -OCH3 is 2. The molecular formula is C43H43ClN2O9S. The molecule has 0 saturated carbocycles. The SMILES string of the molecule is COc1ccc2cc(C3CN(CCOC(=O)Cc4c(C)n(C(=O)c5ccc(Cl)cc5)c5ccc(OC)cc45)CCO3)ccc2c1.Cc1ccc(S(=O)(=O)O)cc1. The minimum atomic E-state index is -4.02. The van der Waals surface area contributed by atoms with Crippen LogP contribution in [0, 0.1) is 13.8 Å². The molecule has 0 amide bonds. The summed E-state index contributed by atoms with van der Waals surface area (Å²) in [6.07, 6.45) is -0.0350. The van der Waals surface area contributed by atoms with Gasteiger partial charge in [-0.15, -0.1) is 0 Å². The number of halogens is 1. The van der Waals surface area contributed by atoms with E-state index < -0.39 is 10.1 Å². The number of morpholine rings is 1. The number of ether oxygens (including phenoxy) is 4. The maximum atomic E-state index is 13.6. The van der Waals surface area contributed by atoms with Crippen LogP contribution in [0.3, 0.4) is 0 Å². The highest BCUT2D eigenvalue weighted by Crippen LogP contribution is 2.32. The molecule has 1 aliphatic heterocycles. The van der Waals surface area contributed by atoms with Gasteiger partial charge in [0.15, 0.2) is 0 Å². The van der Waals surface area contributed by atoms with E-state index in [0.29, 0.717) is 47.2 Å². The van der Waals surface area contributed by atoms with Crippen molar-refractivity contribution in [1.29, 1.82) is 0 Å². The molecule has 2 heterocycles. The van der Waals surface area contributed by atoms with Gasteiger partial charge in [0.2, 0.25) is 0 Å². The number of aryl methyl sites for hydroxylation is 1. The van der Waals surface area contributed by atoms with E-state index in [2.05, 4.69) is 29.2 Å². The van der Waals surface area contributed by atoms with Gasteiger partial charge in [-0.1, -0.05) is 47.5 Å². The molecule has 1 N–H and O–H groups in total. The number of hydrogen-bond acceptors (Lipinski definition) is 9. The van der Waals surface area contributed by atoms with Crippen LogP contribution in [-0.4, -0.2) is 81.4 Å². The van der Waals surface area contributed by atoms with Crippen LogP contribution in [0.1, 0.15) is 38.8 Å². The summed E-state index contributed by atoms with van der Waals surface area (Å²) in [4.78, 5) is 28.9. The van der Waals surface area contributed by atoms with Crippen molar-refractivity contribution in [1.82, 2.24) is 9.47 Å². The molecule has 0 bridgehead atoms. The Morgan fingerprint density at radius 2 is 1.52 bits per heavy atom. The topological polar surface area (TPSA) is 134 Å². The molecule has 11 nitrogen and oxygen atoms in total. The molecule has 0 aliphatic carbocycles. The smallest absolute Gasteiger partial charge is 0.310 e. The molecule has 0 spiro atoms. The number of hydrogen-bond donors (Lipinski definition) is 1. The monoisotopic (exact) mass is 798 g/mol. The Kier molecular flexibility index (Phi) is 12.8. The average molecular weight is 799 g/mol. The van der Waals surface area contributed by atoms with E-state index in [1.54, 1.807) is 61.3 Å². The van der Waals surface area contributed by atoms with Gasteiger partial charge in [0.25, 0.3) is 16.0 Å². The van der Waals surface area contributed by atoms with Gasteiger partial charge in [-0.3, -0.25) is 23.6 Å². The highest BCUT2D eigenvalue weighted by molar-refractivity contribution is 7.85. The number of benzene rings is 5. The maximum absolute atomic E-state index is 13.6. The van der Waals surface area contributed by atoms with Crippen LogP contribution in [0.2, 0.25) is 5.02 Å². The highest BCUT2D eigenvalue weighted by atomic mass is 35.5. The van der Waals surface area contributed by atoms with Crippen LogP contribution in [0.15, 0.2) is 108 Å². The molecule has 1 saturated heterocycles. The van der Waals surface area contributed by atoms with Gasteiger partial charge in [0, 0.05) is 41.3 Å². The quantitative estimate of drug-likeness (QED) is 0.108. The lowest BCUT2D eigenvalue weighted by Crippen LogP contribution is -2.40. The normalized spacial score (nSPS) is 14.6. The lowest BCUT2D eigenvalue weighted by molar-refractivity contribution is -0.143. The maximum Gasteiger partial charge on any atom is 0.310 e. The van der Waals surface area contributed by atoms with Gasteiger partial charge < -0.3 is 18.9 Å². The van der Waals surface area contributed by atoms with Crippen molar-refractivity contribution in [3.63, 3.8) is 0 Å². The summed E-state index contributed by atoms with van der Waals surface area (Å²) < 4.78 is 53.8. The second kappa shape index (κ2) is 17.7. The zero-order valence-electron chi connectivity index (χ0n) is 31.5. The zero-order chi connectivity index (χ0) is 40.0. The fraction of sp³-hybridized carbons (Fsp3) is 0.256. The Morgan fingerprint density at radius 1 is 0.857 bits per heavy atom. The van der Waals surface area contributed by atoms with E-state index in [0.717, 1.165) is 45.1 Å². The molecule has 1 aliphatic rings. The number of rotatable bonds is 10. The van der Waals surface area contributed by atoms with E-state index >= 15 is 0 Å². The first-order valence-corrected chi connectivity index (χ1v) is 19.8. The number of fused-ring (bicyclic) bond motifs is 2. The largest absolute Gasteiger partial charge is 0.497 e. The second-order valence-electron chi connectivity index (χ2n) is 13.4. The van der Waals surface area contributed by atoms with Crippen LogP contribution in [0.5, 0.6) is 11.5 Å². The third-order valence-corrected chi connectivity index (χ3v) is 10.9. The summed E-state index contributed by atoms with van der Waals surface area (Å²) in [5.74, 6) is 0.916. The molecule has 1 atom stereocenters. The van der Waals surface area contributed by atoms with Crippen LogP contribution in [0.4, 0.5) is 0 Å². The number of aromatic nitrogens is 1. The van der Waals surface area contributed by atoms with E-state index in [-0.39, 0.29) is 35.9 Å². The summed E-state index contributed by atoms with van der Waals surface area (Å²) in [5, 5.41) is 3.57. The molecule has 7 rings (SSSR count). The Morgan fingerprint density at radius 3 is 2.21 bits per heavy atom. The molecule has 1 unspecified atom stereocenters. The Labute approximate surface area is 331 Å². The highest BCUT2D eigenvalue weighted by Gasteiger charge is 2.25. The van der Waals surface area contributed by atoms with E-state index in [1.165, 1.54) is 12.1 Å². The Hall–Kier alpha value is -5.24. The van der Waals surface area contributed by atoms with Crippen LogP contribution >= 0.6 is 11.6 Å². The van der Waals surface area contributed by atoms with Gasteiger partial charge in [-0.25, -0.2) is 0 Å².